The van der Waals surface area contributed by atoms with Crippen LogP contribution in [0.15, 0.2) is 12.3 Å². The fourth-order valence-corrected chi connectivity index (χ4v) is 4.22. The fourth-order valence-electron chi connectivity index (χ4n) is 4.22. The van der Waals surface area contributed by atoms with E-state index in [0.717, 1.165) is 58.0 Å². The molecule has 120 valence electrons. The van der Waals surface area contributed by atoms with Crippen LogP contribution in [-0.2, 0) is 4.79 Å². The quantitative estimate of drug-likeness (QED) is 0.789. The van der Waals surface area contributed by atoms with Gasteiger partial charge in [0.05, 0.1) is 0 Å². The summed E-state index contributed by atoms with van der Waals surface area (Å²) in [7, 11) is 0. The molecule has 2 unspecified atom stereocenters. The van der Waals surface area contributed by atoms with Crippen molar-refractivity contribution < 1.29 is 9.90 Å². The van der Waals surface area contributed by atoms with Gasteiger partial charge < -0.3 is 10.0 Å². The molecule has 0 saturated carbocycles. The Bertz CT molecular complexity index is 396. The van der Waals surface area contributed by atoms with Gasteiger partial charge in [-0.2, -0.15) is 0 Å². The van der Waals surface area contributed by atoms with Gasteiger partial charge in [0.25, 0.3) is 0 Å². The zero-order valence-electron chi connectivity index (χ0n) is 13.5. The molecule has 0 aliphatic carbocycles. The maximum Gasteiger partial charge on any atom is 0.313 e. The average Bonchev–Trinajstić information content (AvgIpc) is 2.71. The lowest BCUT2D eigenvalue weighted by molar-refractivity contribution is -0.167. The first kappa shape index (κ1) is 16.3. The van der Waals surface area contributed by atoms with Crippen LogP contribution in [0.1, 0.15) is 65.2 Å². The van der Waals surface area contributed by atoms with Crippen LogP contribution in [-0.4, -0.2) is 34.7 Å². The van der Waals surface area contributed by atoms with Crippen molar-refractivity contribution in [2.45, 2.75) is 70.9 Å². The minimum absolute atomic E-state index is 0.409. The maximum absolute atomic E-state index is 12.3. The third-order valence-corrected chi connectivity index (χ3v) is 5.44. The van der Waals surface area contributed by atoms with E-state index in [0.29, 0.717) is 6.42 Å². The van der Waals surface area contributed by atoms with Crippen LogP contribution in [0.25, 0.3) is 0 Å². The van der Waals surface area contributed by atoms with Gasteiger partial charge in [0.1, 0.15) is 11.1 Å². The molecule has 0 radical (unpaired) electrons. The molecule has 0 aromatic rings. The Morgan fingerprint density at radius 2 is 2.24 bits per heavy atom. The lowest BCUT2D eigenvalue weighted by atomic mass is 9.66. The second kappa shape index (κ2) is 6.82. The predicted molar refractivity (Wildman–Crippen MR) is 84.9 cm³/mol. The van der Waals surface area contributed by atoms with E-state index in [1.54, 1.807) is 0 Å². The normalized spacial score (nSPS) is 28.6. The summed E-state index contributed by atoms with van der Waals surface area (Å²) >= 11 is 0. The Labute approximate surface area is 128 Å². The second-order valence-electron chi connectivity index (χ2n) is 6.46. The molecule has 2 heterocycles. The summed E-state index contributed by atoms with van der Waals surface area (Å²) in [6.45, 7) is 6.07. The highest BCUT2D eigenvalue weighted by Gasteiger charge is 2.58. The molecule has 2 N–H and O–H groups in total. The van der Waals surface area contributed by atoms with Crippen molar-refractivity contribution in [3.05, 3.63) is 12.3 Å². The summed E-state index contributed by atoms with van der Waals surface area (Å²) < 4.78 is 0. The van der Waals surface area contributed by atoms with Crippen LogP contribution in [0.3, 0.4) is 0 Å². The van der Waals surface area contributed by atoms with Gasteiger partial charge in [-0.05, 0) is 51.3 Å². The Hall–Kier alpha value is -1.03. The van der Waals surface area contributed by atoms with Gasteiger partial charge in [0, 0.05) is 6.54 Å². The van der Waals surface area contributed by atoms with E-state index in [4.69, 9.17) is 0 Å². The highest BCUT2D eigenvalue weighted by Crippen LogP contribution is 2.47. The number of hydrogen-bond donors (Lipinski definition) is 2. The highest BCUT2D eigenvalue weighted by atomic mass is 16.4. The molecule has 4 nitrogen and oxygen atoms in total. The average molecular weight is 294 g/mol. The molecule has 4 heteroatoms. The molecule has 0 aromatic carbocycles. The largest absolute Gasteiger partial charge is 0.481 e. The van der Waals surface area contributed by atoms with Gasteiger partial charge in [0.2, 0.25) is 0 Å². The van der Waals surface area contributed by atoms with Gasteiger partial charge in [-0.25, -0.2) is 0 Å². The van der Waals surface area contributed by atoms with Gasteiger partial charge in [-0.3, -0.25) is 10.1 Å². The minimum atomic E-state index is -0.696. The van der Waals surface area contributed by atoms with Crippen molar-refractivity contribution >= 4 is 5.97 Å². The molecular weight excluding hydrogens is 264 g/mol. The van der Waals surface area contributed by atoms with Crippen LogP contribution in [0.4, 0.5) is 0 Å². The lowest BCUT2D eigenvalue weighted by Gasteiger charge is -2.56. The smallest absolute Gasteiger partial charge is 0.313 e. The summed E-state index contributed by atoms with van der Waals surface area (Å²) in [4.78, 5) is 14.6. The number of hydrogen-bond acceptors (Lipinski definition) is 3. The molecule has 2 atom stereocenters. The number of allylic oxidation sites excluding steroid dienone is 1. The molecule has 1 saturated heterocycles. The Morgan fingerprint density at radius 3 is 2.90 bits per heavy atom. The number of unbranched alkanes of at least 4 members (excludes halogenated alkanes) is 1. The number of aliphatic carboxylic acids is 1. The summed E-state index contributed by atoms with van der Waals surface area (Å²) in [5.74, 6) is -0.631. The number of fused-ring (bicyclic) bond motifs is 1. The van der Waals surface area contributed by atoms with Crippen LogP contribution < -0.4 is 5.32 Å². The molecule has 2 rings (SSSR count). The van der Waals surface area contributed by atoms with E-state index in [1.165, 1.54) is 0 Å². The Kier molecular flexibility index (Phi) is 5.31. The zero-order chi connectivity index (χ0) is 15.3. The number of nitrogens with one attached hydrogen (secondary N) is 1. The van der Waals surface area contributed by atoms with E-state index >= 15 is 0 Å². The monoisotopic (exact) mass is 294 g/mol. The number of rotatable bonds is 6. The third kappa shape index (κ3) is 2.70. The first-order valence-corrected chi connectivity index (χ1v) is 8.55. The number of carboxylic acids is 1. The highest BCUT2D eigenvalue weighted by molar-refractivity contribution is 5.76. The molecule has 0 bridgehead atoms. The number of carbonyl (C=O) groups is 1. The molecule has 21 heavy (non-hydrogen) atoms. The molecule has 0 aromatic heterocycles. The molecular formula is C17H30N2O2. The van der Waals surface area contributed by atoms with E-state index in [1.807, 2.05) is 6.92 Å². The van der Waals surface area contributed by atoms with E-state index in [9.17, 15) is 9.90 Å². The molecule has 1 fully saturated rings. The summed E-state index contributed by atoms with van der Waals surface area (Å²) in [6.07, 6.45) is 11.9. The van der Waals surface area contributed by atoms with Gasteiger partial charge in [-0.15, -0.1) is 0 Å². The van der Waals surface area contributed by atoms with E-state index in [-0.39, 0.29) is 0 Å². The zero-order valence-corrected chi connectivity index (χ0v) is 13.5. The van der Waals surface area contributed by atoms with Gasteiger partial charge >= 0.3 is 5.97 Å². The maximum atomic E-state index is 12.3. The summed E-state index contributed by atoms with van der Waals surface area (Å²) in [6, 6.07) is 0. The predicted octanol–water partition coefficient (Wildman–Crippen LogP) is 3.35. The molecule has 0 amide bonds. The topological polar surface area (TPSA) is 52.6 Å². The standard InChI is InChI=1S/C17H30N2O2/c1-3-5-10-16(4-2,15(20)21)17-11-7-6-8-13-19(17)14-9-12-18-17/h8,13,18H,3-7,9-12,14H2,1-2H3,(H,20,21). The van der Waals surface area contributed by atoms with Gasteiger partial charge in [-0.1, -0.05) is 32.8 Å². The Morgan fingerprint density at radius 1 is 1.43 bits per heavy atom. The minimum Gasteiger partial charge on any atom is -0.481 e. The first-order valence-electron chi connectivity index (χ1n) is 8.55. The number of carboxylic acid groups (broad SMARTS) is 1. The lowest BCUT2D eigenvalue weighted by Crippen LogP contribution is -2.71. The summed E-state index contributed by atoms with van der Waals surface area (Å²) in [5, 5.41) is 13.8. The Balaban J connectivity index is 2.46. The first-order chi connectivity index (χ1) is 10.1. The second-order valence-corrected chi connectivity index (χ2v) is 6.46. The van der Waals surface area contributed by atoms with Gasteiger partial charge in [0.15, 0.2) is 0 Å². The molecule has 0 spiro atoms. The van der Waals surface area contributed by atoms with Crippen LogP contribution in [0.2, 0.25) is 0 Å². The van der Waals surface area contributed by atoms with Crippen LogP contribution in [0, 0.1) is 5.41 Å². The van der Waals surface area contributed by atoms with Crippen molar-refractivity contribution in [3.63, 3.8) is 0 Å². The van der Waals surface area contributed by atoms with E-state index < -0.39 is 17.0 Å². The third-order valence-electron chi connectivity index (χ3n) is 5.44. The van der Waals surface area contributed by atoms with Crippen molar-refractivity contribution in [2.75, 3.05) is 13.1 Å². The van der Waals surface area contributed by atoms with Crippen molar-refractivity contribution in [1.82, 2.24) is 10.2 Å². The van der Waals surface area contributed by atoms with Crippen molar-refractivity contribution in [2.24, 2.45) is 5.41 Å². The van der Waals surface area contributed by atoms with E-state index in [2.05, 4.69) is 29.4 Å². The van der Waals surface area contributed by atoms with Crippen LogP contribution >= 0.6 is 0 Å². The SMILES string of the molecule is CCCCC(CC)(C(=O)O)C12CCCC=CN1CCCN2. The number of nitrogens with zero attached hydrogens (tertiary/aromatic N) is 1. The van der Waals surface area contributed by atoms with Crippen molar-refractivity contribution in [1.29, 1.82) is 0 Å². The fraction of sp³-hybridized carbons (Fsp3) is 0.824. The molecule has 2 aliphatic rings. The van der Waals surface area contributed by atoms with Crippen molar-refractivity contribution in [3.8, 4) is 0 Å². The van der Waals surface area contributed by atoms with Crippen LogP contribution in [0.5, 0.6) is 0 Å². The molecule has 2 aliphatic heterocycles. The summed E-state index contributed by atoms with van der Waals surface area (Å²) in [5.41, 5.74) is -1.11.